The molecule has 0 aromatic carbocycles. The second kappa shape index (κ2) is 2.47. The summed E-state index contributed by atoms with van der Waals surface area (Å²) in [7, 11) is 0. The van der Waals surface area contributed by atoms with Gasteiger partial charge in [-0.05, 0) is 68.2 Å². The molecule has 68 valence electrons. The molecule has 3 fully saturated rings. The van der Waals surface area contributed by atoms with E-state index in [1.807, 2.05) is 0 Å². The molecule has 0 saturated heterocycles. The van der Waals surface area contributed by atoms with Crippen LogP contribution in [-0.4, -0.2) is 6.54 Å². The SMILES string of the molecule is NCCC1C(C2CC2)C1C1CC1. The molecule has 3 saturated carbocycles. The zero-order chi connectivity index (χ0) is 8.13. The third-order valence-corrected chi connectivity index (χ3v) is 4.13. The van der Waals surface area contributed by atoms with Crippen molar-refractivity contribution in [3.8, 4) is 0 Å². The first kappa shape index (κ1) is 7.37. The van der Waals surface area contributed by atoms with E-state index in [1.54, 1.807) is 0 Å². The molecule has 0 bridgehead atoms. The van der Waals surface area contributed by atoms with E-state index in [2.05, 4.69) is 0 Å². The normalized spacial score (nSPS) is 46.2. The Kier molecular flexibility index (Phi) is 1.52. The maximum atomic E-state index is 5.64. The van der Waals surface area contributed by atoms with E-state index in [1.165, 1.54) is 32.1 Å². The Morgan fingerprint density at radius 3 is 1.75 bits per heavy atom. The molecular formula is C11H19N. The molecule has 3 aliphatic rings. The first-order valence-electron chi connectivity index (χ1n) is 5.62. The van der Waals surface area contributed by atoms with Crippen molar-refractivity contribution >= 4 is 0 Å². The summed E-state index contributed by atoms with van der Waals surface area (Å²) < 4.78 is 0. The van der Waals surface area contributed by atoms with Gasteiger partial charge in [0.2, 0.25) is 0 Å². The Balaban J connectivity index is 1.60. The third kappa shape index (κ3) is 1.10. The summed E-state index contributed by atoms with van der Waals surface area (Å²) in [4.78, 5) is 0. The fourth-order valence-corrected chi connectivity index (χ4v) is 3.30. The Morgan fingerprint density at radius 2 is 1.42 bits per heavy atom. The predicted molar refractivity (Wildman–Crippen MR) is 49.6 cm³/mol. The smallest absolute Gasteiger partial charge is 0.00744 e. The summed E-state index contributed by atoms with van der Waals surface area (Å²) in [5.74, 6) is 5.64. The van der Waals surface area contributed by atoms with Gasteiger partial charge >= 0.3 is 0 Å². The van der Waals surface area contributed by atoms with Gasteiger partial charge < -0.3 is 5.73 Å². The van der Waals surface area contributed by atoms with Crippen LogP contribution in [0.25, 0.3) is 0 Å². The lowest BCUT2D eigenvalue weighted by Crippen LogP contribution is -2.01. The Morgan fingerprint density at radius 1 is 0.917 bits per heavy atom. The van der Waals surface area contributed by atoms with Crippen LogP contribution in [-0.2, 0) is 0 Å². The molecule has 1 nitrogen and oxygen atoms in total. The highest BCUT2D eigenvalue weighted by atomic mass is 14.7. The molecule has 0 radical (unpaired) electrons. The fraction of sp³-hybridized carbons (Fsp3) is 1.00. The third-order valence-electron chi connectivity index (χ3n) is 4.13. The Bertz CT molecular complexity index is 163. The second-order valence-corrected chi connectivity index (χ2v) is 5.07. The lowest BCUT2D eigenvalue weighted by Gasteiger charge is -1.92. The highest BCUT2D eigenvalue weighted by Crippen LogP contribution is 2.67. The van der Waals surface area contributed by atoms with Crippen molar-refractivity contribution in [2.24, 2.45) is 35.3 Å². The van der Waals surface area contributed by atoms with Crippen LogP contribution in [0, 0.1) is 29.6 Å². The highest BCUT2D eigenvalue weighted by molar-refractivity contribution is 5.09. The minimum Gasteiger partial charge on any atom is -0.330 e. The Labute approximate surface area is 74.7 Å². The number of hydrogen-bond donors (Lipinski definition) is 1. The molecule has 2 N–H and O–H groups in total. The van der Waals surface area contributed by atoms with Crippen LogP contribution < -0.4 is 5.73 Å². The zero-order valence-electron chi connectivity index (χ0n) is 7.71. The predicted octanol–water partition coefficient (Wildman–Crippen LogP) is 2.02. The Hall–Kier alpha value is -0.0400. The van der Waals surface area contributed by atoms with Gasteiger partial charge in [-0.1, -0.05) is 0 Å². The molecule has 0 heterocycles. The van der Waals surface area contributed by atoms with Crippen molar-refractivity contribution in [2.75, 3.05) is 6.54 Å². The number of nitrogens with two attached hydrogens (primary N) is 1. The van der Waals surface area contributed by atoms with Crippen LogP contribution in [0.2, 0.25) is 0 Å². The maximum absolute atomic E-state index is 5.64. The van der Waals surface area contributed by atoms with Crippen molar-refractivity contribution in [1.82, 2.24) is 0 Å². The van der Waals surface area contributed by atoms with Crippen LogP contribution in [0.5, 0.6) is 0 Å². The second-order valence-electron chi connectivity index (χ2n) is 5.07. The topological polar surface area (TPSA) is 26.0 Å². The summed E-state index contributed by atoms with van der Waals surface area (Å²) in [5, 5.41) is 0. The molecule has 2 unspecified atom stereocenters. The monoisotopic (exact) mass is 165 g/mol. The van der Waals surface area contributed by atoms with Crippen LogP contribution in [0.15, 0.2) is 0 Å². The molecule has 0 aromatic rings. The van der Waals surface area contributed by atoms with E-state index in [4.69, 9.17) is 5.73 Å². The maximum Gasteiger partial charge on any atom is -0.00744 e. The largest absolute Gasteiger partial charge is 0.330 e. The molecule has 12 heavy (non-hydrogen) atoms. The van der Waals surface area contributed by atoms with Crippen molar-refractivity contribution in [2.45, 2.75) is 32.1 Å². The quantitative estimate of drug-likeness (QED) is 0.677. The van der Waals surface area contributed by atoms with Crippen LogP contribution >= 0.6 is 0 Å². The molecule has 0 aromatic heterocycles. The average Bonchev–Trinajstić information content (AvgIpc) is 2.88. The van der Waals surface area contributed by atoms with Crippen molar-refractivity contribution in [1.29, 1.82) is 0 Å². The summed E-state index contributed by atoms with van der Waals surface area (Å²) in [6.07, 6.45) is 7.47. The minimum atomic E-state index is 0.928. The van der Waals surface area contributed by atoms with Gasteiger partial charge in [0, 0.05) is 0 Å². The van der Waals surface area contributed by atoms with Crippen LogP contribution in [0.3, 0.4) is 0 Å². The lowest BCUT2D eigenvalue weighted by molar-refractivity contribution is 0.579. The summed E-state index contributed by atoms with van der Waals surface area (Å²) >= 11 is 0. The number of hydrogen-bond acceptors (Lipinski definition) is 1. The van der Waals surface area contributed by atoms with Crippen LogP contribution in [0.4, 0.5) is 0 Å². The van der Waals surface area contributed by atoms with E-state index in [0.29, 0.717) is 0 Å². The fourth-order valence-electron chi connectivity index (χ4n) is 3.30. The van der Waals surface area contributed by atoms with E-state index >= 15 is 0 Å². The van der Waals surface area contributed by atoms with Crippen molar-refractivity contribution in [3.05, 3.63) is 0 Å². The van der Waals surface area contributed by atoms with Gasteiger partial charge in [0.05, 0.1) is 0 Å². The van der Waals surface area contributed by atoms with E-state index in [-0.39, 0.29) is 0 Å². The van der Waals surface area contributed by atoms with Gasteiger partial charge in [-0.3, -0.25) is 0 Å². The van der Waals surface area contributed by atoms with Crippen LogP contribution in [0.1, 0.15) is 32.1 Å². The average molecular weight is 165 g/mol. The van der Waals surface area contributed by atoms with Gasteiger partial charge in [-0.15, -0.1) is 0 Å². The number of rotatable bonds is 4. The molecule has 0 spiro atoms. The van der Waals surface area contributed by atoms with Gasteiger partial charge in [0.25, 0.3) is 0 Å². The summed E-state index contributed by atoms with van der Waals surface area (Å²) in [5.41, 5.74) is 5.64. The van der Waals surface area contributed by atoms with Gasteiger partial charge in [0.15, 0.2) is 0 Å². The minimum absolute atomic E-state index is 0.928. The van der Waals surface area contributed by atoms with E-state index in [0.717, 1.165) is 36.1 Å². The van der Waals surface area contributed by atoms with Crippen molar-refractivity contribution in [3.63, 3.8) is 0 Å². The standard InChI is InChI=1S/C11H19N/c12-6-5-9-10(7-1-2-7)11(9)8-3-4-8/h7-11H,1-6,12H2. The molecular weight excluding hydrogens is 146 g/mol. The molecule has 1 heteroatoms. The molecule has 2 atom stereocenters. The van der Waals surface area contributed by atoms with E-state index in [9.17, 15) is 0 Å². The highest BCUT2D eigenvalue weighted by Gasteiger charge is 2.60. The van der Waals surface area contributed by atoms with Crippen molar-refractivity contribution < 1.29 is 0 Å². The zero-order valence-corrected chi connectivity index (χ0v) is 7.71. The molecule has 3 rings (SSSR count). The first-order valence-corrected chi connectivity index (χ1v) is 5.62. The van der Waals surface area contributed by atoms with Gasteiger partial charge in [-0.2, -0.15) is 0 Å². The summed E-state index contributed by atoms with van der Waals surface area (Å²) in [6, 6.07) is 0. The molecule has 0 amide bonds. The van der Waals surface area contributed by atoms with Gasteiger partial charge in [-0.25, -0.2) is 0 Å². The first-order chi connectivity index (χ1) is 5.92. The lowest BCUT2D eigenvalue weighted by atomic mass is 10.2. The molecule has 3 aliphatic carbocycles. The molecule has 0 aliphatic heterocycles. The van der Waals surface area contributed by atoms with E-state index < -0.39 is 0 Å². The van der Waals surface area contributed by atoms with Gasteiger partial charge in [0.1, 0.15) is 0 Å². The summed E-state index contributed by atoms with van der Waals surface area (Å²) in [6.45, 7) is 0.928.